The number of hydrogen-bond donors (Lipinski definition) is 0. The lowest BCUT2D eigenvalue weighted by Crippen LogP contribution is -2.39. The van der Waals surface area contributed by atoms with E-state index < -0.39 is 0 Å². The number of nitrogens with zero attached hydrogens (tertiary/aromatic N) is 4. The van der Waals surface area contributed by atoms with Crippen LogP contribution in [-0.2, 0) is 4.84 Å². The van der Waals surface area contributed by atoms with E-state index in [9.17, 15) is 0 Å². The summed E-state index contributed by atoms with van der Waals surface area (Å²) >= 11 is 0. The minimum atomic E-state index is 0.895. The number of hydrogen-bond acceptors (Lipinski definition) is 5. The Bertz CT molecular complexity index is 251. The predicted octanol–water partition coefficient (Wildman–Crippen LogP) is 0.973. The highest BCUT2D eigenvalue weighted by atomic mass is 16.7. The first-order chi connectivity index (χ1) is 10.2. The van der Waals surface area contributed by atoms with Crippen LogP contribution in [0.3, 0.4) is 0 Å². The fourth-order valence-electron chi connectivity index (χ4n) is 3.11. The van der Waals surface area contributed by atoms with Gasteiger partial charge in [0.1, 0.15) is 0 Å². The topological polar surface area (TPSA) is 22.2 Å². The van der Waals surface area contributed by atoms with E-state index in [4.69, 9.17) is 4.84 Å². The molecule has 0 aromatic carbocycles. The fourth-order valence-corrected chi connectivity index (χ4v) is 3.11. The zero-order valence-corrected chi connectivity index (χ0v) is 14.1. The van der Waals surface area contributed by atoms with E-state index in [1.165, 1.54) is 58.4 Å². The van der Waals surface area contributed by atoms with Crippen LogP contribution in [0.4, 0.5) is 0 Å². The summed E-state index contributed by atoms with van der Waals surface area (Å²) in [5, 5.41) is 2.21. The molecule has 5 nitrogen and oxygen atoms in total. The molecular formula is C16H34N4O. The van der Waals surface area contributed by atoms with Crippen LogP contribution < -0.4 is 0 Å². The monoisotopic (exact) mass is 298 g/mol. The smallest absolute Gasteiger partial charge is 0.0685 e. The van der Waals surface area contributed by atoms with Gasteiger partial charge in [-0.25, -0.2) is 0 Å². The van der Waals surface area contributed by atoms with Gasteiger partial charge in [0.15, 0.2) is 0 Å². The molecule has 2 bridgehead atoms. The molecule has 2 atom stereocenters. The van der Waals surface area contributed by atoms with Gasteiger partial charge in [-0.15, -0.1) is 0 Å². The van der Waals surface area contributed by atoms with E-state index in [2.05, 4.69) is 33.9 Å². The van der Waals surface area contributed by atoms with Gasteiger partial charge in [-0.3, -0.25) is 4.84 Å². The lowest BCUT2D eigenvalue weighted by atomic mass is 10.2. The van der Waals surface area contributed by atoms with Crippen LogP contribution in [-0.4, -0.2) is 99.4 Å². The number of likely N-dealkylation sites (N-methyl/N-ethyl adjacent to an activating group) is 2. The van der Waals surface area contributed by atoms with Gasteiger partial charge in [0.05, 0.1) is 6.61 Å². The minimum Gasteiger partial charge on any atom is -0.305 e. The Hall–Kier alpha value is -0.200. The second-order valence-electron chi connectivity index (χ2n) is 6.62. The maximum Gasteiger partial charge on any atom is 0.0685 e. The molecule has 0 amide bonds. The number of rotatable bonds is 0. The van der Waals surface area contributed by atoms with E-state index in [0.29, 0.717) is 0 Å². The first kappa shape index (κ1) is 17.2. The molecule has 2 saturated heterocycles. The van der Waals surface area contributed by atoms with Crippen molar-refractivity contribution in [2.24, 2.45) is 0 Å². The van der Waals surface area contributed by atoms with Crippen molar-refractivity contribution in [3.63, 3.8) is 0 Å². The summed E-state index contributed by atoms with van der Waals surface area (Å²) < 4.78 is 0. The Kier molecular flexibility index (Phi) is 7.96. The summed E-state index contributed by atoms with van der Waals surface area (Å²) in [5.41, 5.74) is 0. The van der Waals surface area contributed by atoms with Gasteiger partial charge < -0.3 is 14.7 Å². The van der Waals surface area contributed by atoms with Gasteiger partial charge in [-0.1, -0.05) is 0 Å². The molecule has 0 spiro atoms. The maximum absolute atomic E-state index is 5.94. The Morgan fingerprint density at radius 2 is 1.24 bits per heavy atom. The van der Waals surface area contributed by atoms with Crippen LogP contribution in [0.5, 0.6) is 0 Å². The normalized spacial score (nSPS) is 32.9. The molecule has 0 saturated carbocycles. The minimum absolute atomic E-state index is 0.895. The Morgan fingerprint density at radius 1 is 0.571 bits per heavy atom. The molecule has 0 aromatic rings. The average Bonchev–Trinajstić information content (AvgIpc) is 2.58. The van der Waals surface area contributed by atoms with Crippen LogP contribution in [0.1, 0.15) is 25.7 Å². The number of fused-ring (bicyclic) bond motifs is 3. The molecule has 2 rings (SSSR count). The second-order valence-corrected chi connectivity index (χ2v) is 6.62. The maximum atomic E-state index is 5.94. The van der Waals surface area contributed by atoms with Crippen LogP contribution >= 0.6 is 0 Å². The van der Waals surface area contributed by atoms with Crippen LogP contribution in [0.25, 0.3) is 0 Å². The summed E-state index contributed by atoms with van der Waals surface area (Å²) in [6.07, 6.45) is 4.93. The van der Waals surface area contributed by atoms with Crippen molar-refractivity contribution < 1.29 is 4.84 Å². The molecular weight excluding hydrogens is 264 g/mol. The van der Waals surface area contributed by atoms with Crippen molar-refractivity contribution in [2.45, 2.75) is 25.7 Å². The molecule has 5 heteroatoms. The zero-order chi connectivity index (χ0) is 14.9. The van der Waals surface area contributed by atoms with Crippen molar-refractivity contribution in [3.8, 4) is 0 Å². The predicted molar refractivity (Wildman–Crippen MR) is 87.4 cm³/mol. The largest absolute Gasteiger partial charge is 0.305 e. The lowest BCUT2D eigenvalue weighted by molar-refractivity contribution is -0.160. The molecule has 0 N–H and O–H groups in total. The fraction of sp³-hybridized carbons (Fsp3) is 1.00. The molecule has 0 aliphatic carbocycles. The first-order valence-electron chi connectivity index (χ1n) is 8.71. The van der Waals surface area contributed by atoms with E-state index in [0.717, 1.165) is 32.8 Å². The van der Waals surface area contributed by atoms with Crippen LogP contribution in [0.2, 0.25) is 0 Å². The summed E-state index contributed by atoms with van der Waals surface area (Å²) in [4.78, 5) is 13.5. The molecule has 2 aliphatic rings. The van der Waals surface area contributed by atoms with Gasteiger partial charge in [0.2, 0.25) is 0 Å². The Labute approximate surface area is 130 Å². The SMILES string of the molecule is CN1CCCN2CCCCON(CCCN(C)CC1)CC2. The molecule has 2 aliphatic heterocycles. The summed E-state index contributed by atoms with van der Waals surface area (Å²) in [6.45, 7) is 11.4. The zero-order valence-electron chi connectivity index (χ0n) is 14.1. The molecule has 2 unspecified atom stereocenters. The third kappa shape index (κ3) is 7.06. The Balaban J connectivity index is 1.89. The lowest BCUT2D eigenvalue weighted by Gasteiger charge is -2.28. The van der Waals surface area contributed by atoms with Gasteiger partial charge in [-0.2, -0.15) is 5.06 Å². The highest BCUT2D eigenvalue weighted by Gasteiger charge is 2.14. The molecule has 2 fully saturated rings. The van der Waals surface area contributed by atoms with Crippen LogP contribution in [0.15, 0.2) is 0 Å². The quantitative estimate of drug-likeness (QED) is 0.663. The first-order valence-corrected chi connectivity index (χ1v) is 8.71. The second kappa shape index (κ2) is 9.74. The van der Waals surface area contributed by atoms with Gasteiger partial charge in [0.25, 0.3) is 0 Å². The summed E-state index contributed by atoms with van der Waals surface area (Å²) in [6, 6.07) is 0. The summed E-state index contributed by atoms with van der Waals surface area (Å²) in [7, 11) is 4.49. The van der Waals surface area contributed by atoms with Crippen molar-refractivity contribution in [1.29, 1.82) is 0 Å². The van der Waals surface area contributed by atoms with Crippen molar-refractivity contribution >= 4 is 0 Å². The average molecular weight is 298 g/mol. The van der Waals surface area contributed by atoms with E-state index in [-0.39, 0.29) is 0 Å². The number of hydroxylamine groups is 2. The standard InChI is InChI=1S/C16H34N4O/c1-17-7-5-10-19-9-3-4-16-21-20(15-14-19)11-6-8-18(2)13-12-17/h3-16H2,1-2H3. The third-order valence-corrected chi connectivity index (χ3v) is 4.63. The van der Waals surface area contributed by atoms with Crippen LogP contribution in [0, 0.1) is 0 Å². The molecule has 2 heterocycles. The van der Waals surface area contributed by atoms with E-state index >= 15 is 0 Å². The van der Waals surface area contributed by atoms with Gasteiger partial charge in [0, 0.05) is 32.7 Å². The molecule has 124 valence electrons. The molecule has 0 aromatic heterocycles. The van der Waals surface area contributed by atoms with Crippen molar-refractivity contribution in [2.75, 3.05) is 79.6 Å². The molecule has 21 heavy (non-hydrogen) atoms. The highest BCUT2D eigenvalue weighted by Crippen LogP contribution is 2.06. The molecule has 0 radical (unpaired) electrons. The van der Waals surface area contributed by atoms with Gasteiger partial charge >= 0.3 is 0 Å². The summed E-state index contributed by atoms with van der Waals surface area (Å²) in [5.74, 6) is 0. The van der Waals surface area contributed by atoms with Crippen molar-refractivity contribution in [1.82, 2.24) is 19.8 Å². The van der Waals surface area contributed by atoms with E-state index in [1.807, 2.05) is 0 Å². The van der Waals surface area contributed by atoms with Gasteiger partial charge in [-0.05, 0) is 66.0 Å². The Morgan fingerprint density at radius 3 is 2.00 bits per heavy atom. The third-order valence-electron chi connectivity index (χ3n) is 4.63. The van der Waals surface area contributed by atoms with E-state index in [1.54, 1.807) is 0 Å². The highest BCUT2D eigenvalue weighted by molar-refractivity contribution is 4.66. The van der Waals surface area contributed by atoms with Crippen molar-refractivity contribution in [3.05, 3.63) is 0 Å².